The predicted molar refractivity (Wildman–Crippen MR) is 88.8 cm³/mol. The molecule has 3 aromatic heterocycles. The van der Waals surface area contributed by atoms with Crippen LogP contribution in [0.5, 0.6) is 0 Å². The number of fused-ring (bicyclic) bond motifs is 1. The Bertz CT molecular complexity index is 941. The highest BCUT2D eigenvalue weighted by Gasteiger charge is 2.28. The quantitative estimate of drug-likeness (QED) is 0.689. The first-order valence-corrected chi connectivity index (χ1v) is 8.63. The number of hydrogen-bond donors (Lipinski definition) is 0. The molecule has 0 atom stereocenters. The molecular weight excluding hydrogens is 310 g/mol. The zero-order valence-electron chi connectivity index (χ0n) is 13.1. The fourth-order valence-electron chi connectivity index (χ4n) is 2.67. The van der Waals surface area contributed by atoms with Crippen LogP contribution in [0.15, 0.2) is 34.3 Å². The van der Waals surface area contributed by atoms with Gasteiger partial charge in [0, 0.05) is 24.1 Å². The molecule has 118 valence electrons. The van der Waals surface area contributed by atoms with E-state index >= 15 is 0 Å². The van der Waals surface area contributed by atoms with Crippen molar-refractivity contribution in [2.24, 2.45) is 0 Å². The zero-order valence-corrected chi connectivity index (χ0v) is 13.9. The highest BCUT2D eigenvalue weighted by molar-refractivity contribution is 7.98. The van der Waals surface area contributed by atoms with Crippen LogP contribution in [0.1, 0.15) is 36.0 Å². The first-order chi connectivity index (χ1) is 11.1. The number of nitrogens with zero attached hydrogens (tertiary/aromatic N) is 5. The first kappa shape index (κ1) is 14.4. The van der Waals surface area contributed by atoms with Crippen LogP contribution in [0, 0.1) is 13.8 Å². The summed E-state index contributed by atoms with van der Waals surface area (Å²) >= 11 is 1.59. The molecule has 1 aliphatic carbocycles. The van der Waals surface area contributed by atoms with Crippen molar-refractivity contribution in [1.82, 2.24) is 24.1 Å². The second kappa shape index (κ2) is 5.49. The Morgan fingerprint density at radius 1 is 1.26 bits per heavy atom. The van der Waals surface area contributed by atoms with Gasteiger partial charge in [-0.15, -0.1) is 10.2 Å². The van der Waals surface area contributed by atoms with Gasteiger partial charge in [-0.3, -0.25) is 9.20 Å². The van der Waals surface area contributed by atoms with Gasteiger partial charge < -0.3 is 4.57 Å². The monoisotopic (exact) mass is 327 g/mol. The van der Waals surface area contributed by atoms with E-state index in [1.54, 1.807) is 28.4 Å². The van der Waals surface area contributed by atoms with Crippen molar-refractivity contribution in [3.05, 3.63) is 51.8 Å². The lowest BCUT2D eigenvalue weighted by Gasteiger charge is -2.07. The summed E-state index contributed by atoms with van der Waals surface area (Å²) in [5.74, 6) is 1.57. The van der Waals surface area contributed by atoms with Crippen molar-refractivity contribution in [3.63, 3.8) is 0 Å². The maximum absolute atomic E-state index is 12.2. The standard InChI is InChI=1S/C16H17N5OS/c1-10-5-6-20-14(7-10)17-12(8-15(20)22)9-23-16-19-18-11(2)21(16)13-3-4-13/h5-8,13H,3-4,9H2,1-2H3. The maximum Gasteiger partial charge on any atom is 0.258 e. The lowest BCUT2D eigenvalue weighted by atomic mass is 10.3. The van der Waals surface area contributed by atoms with Crippen LogP contribution in [0.3, 0.4) is 0 Å². The second-order valence-electron chi connectivity index (χ2n) is 5.94. The summed E-state index contributed by atoms with van der Waals surface area (Å²) in [6.07, 6.45) is 4.16. The summed E-state index contributed by atoms with van der Waals surface area (Å²) < 4.78 is 3.76. The van der Waals surface area contributed by atoms with Crippen LogP contribution in [-0.4, -0.2) is 24.1 Å². The lowest BCUT2D eigenvalue weighted by molar-refractivity contribution is 0.644. The molecule has 3 aromatic rings. The SMILES string of the molecule is Cc1ccn2c(=O)cc(CSc3nnc(C)n3C3CC3)nc2c1. The van der Waals surface area contributed by atoms with E-state index in [-0.39, 0.29) is 5.56 Å². The van der Waals surface area contributed by atoms with Gasteiger partial charge >= 0.3 is 0 Å². The lowest BCUT2D eigenvalue weighted by Crippen LogP contribution is -2.15. The summed E-state index contributed by atoms with van der Waals surface area (Å²) in [6.45, 7) is 3.98. The number of rotatable bonds is 4. The van der Waals surface area contributed by atoms with Gasteiger partial charge in [0.05, 0.1) is 5.69 Å². The molecule has 0 aliphatic heterocycles. The molecule has 0 aromatic carbocycles. The third-order valence-electron chi connectivity index (χ3n) is 3.97. The molecular formula is C16H17N5OS. The summed E-state index contributed by atoms with van der Waals surface area (Å²) in [5, 5.41) is 9.34. The largest absolute Gasteiger partial charge is 0.303 e. The Morgan fingerprint density at radius 2 is 2.09 bits per heavy atom. The number of aromatic nitrogens is 5. The molecule has 0 saturated heterocycles. The van der Waals surface area contributed by atoms with Crippen molar-refractivity contribution in [2.45, 2.75) is 43.6 Å². The average molecular weight is 327 g/mol. The zero-order chi connectivity index (χ0) is 16.0. The van der Waals surface area contributed by atoms with E-state index in [1.165, 1.54) is 12.8 Å². The Kier molecular flexibility index (Phi) is 3.45. The molecule has 6 nitrogen and oxygen atoms in total. The molecule has 1 fully saturated rings. The summed E-state index contributed by atoms with van der Waals surface area (Å²) in [6, 6.07) is 5.98. The molecule has 3 heterocycles. The second-order valence-corrected chi connectivity index (χ2v) is 6.88. The van der Waals surface area contributed by atoms with Gasteiger partial charge in [0.25, 0.3) is 5.56 Å². The van der Waals surface area contributed by atoms with E-state index in [2.05, 4.69) is 19.7 Å². The van der Waals surface area contributed by atoms with E-state index in [0.29, 0.717) is 17.4 Å². The van der Waals surface area contributed by atoms with Crippen LogP contribution in [0.4, 0.5) is 0 Å². The van der Waals surface area contributed by atoms with Gasteiger partial charge in [-0.05, 0) is 44.4 Å². The fraction of sp³-hybridized carbons (Fsp3) is 0.375. The van der Waals surface area contributed by atoms with E-state index in [0.717, 1.165) is 22.2 Å². The molecule has 1 saturated carbocycles. The van der Waals surface area contributed by atoms with Crippen molar-refractivity contribution in [3.8, 4) is 0 Å². The van der Waals surface area contributed by atoms with Gasteiger partial charge in [0.1, 0.15) is 11.5 Å². The Hall–Kier alpha value is -2.15. The predicted octanol–water partition coefficient (Wildman–Crippen LogP) is 2.53. The molecule has 0 amide bonds. The Morgan fingerprint density at radius 3 is 2.87 bits per heavy atom. The van der Waals surface area contributed by atoms with Crippen LogP contribution in [-0.2, 0) is 5.75 Å². The minimum atomic E-state index is -0.0505. The Balaban J connectivity index is 1.62. The van der Waals surface area contributed by atoms with Gasteiger partial charge in [0.15, 0.2) is 5.16 Å². The summed E-state index contributed by atoms with van der Waals surface area (Å²) in [4.78, 5) is 16.8. The number of aryl methyl sites for hydroxylation is 2. The topological polar surface area (TPSA) is 65.1 Å². The third kappa shape index (κ3) is 2.76. The van der Waals surface area contributed by atoms with E-state index in [4.69, 9.17) is 0 Å². The van der Waals surface area contributed by atoms with Crippen LogP contribution in [0.2, 0.25) is 0 Å². The van der Waals surface area contributed by atoms with Crippen molar-refractivity contribution in [2.75, 3.05) is 0 Å². The Labute approximate surface area is 137 Å². The molecule has 1 aliphatic rings. The summed E-state index contributed by atoms with van der Waals surface area (Å²) in [5.41, 5.74) is 2.50. The van der Waals surface area contributed by atoms with E-state index < -0.39 is 0 Å². The molecule has 0 N–H and O–H groups in total. The van der Waals surface area contributed by atoms with Crippen molar-refractivity contribution >= 4 is 17.4 Å². The molecule has 0 bridgehead atoms. The smallest absolute Gasteiger partial charge is 0.258 e. The minimum absolute atomic E-state index is 0.0505. The van der Waals surface area contributed by atoms with E-state index in [9.17, 15) is 4.79 Å². The minimum Gasteiger partial charge on any atom is -0.303 e. The summed E-state index contributed by atoms with van der Waals surface area (Å²) in [7, 11) is 0. The van der Waals surface area contributed by atoms with Crippen LogP contribution >= 0.6 is 11.8 Å². The highest BCUT2D eigenvalue weighted by Crippen LogP contribution is 2.38. The maximum atomic E-state index is 12.2. The van der Waals surface area contributed by atoms with Crippen LogP contribution in [0.25, 0.3) is 5.65 Å². The van der Waals surface area contributed by atoms with Crippen molar-refractivity contribution < 1.29 is 0 Å². The van der Waals surface area contributed by atoms with Gasteiger partial charge in [-0.25, -0.2) is 4.98 Å². The molecule has 0 radical (unpaired) electrons. The van der Waals surface area contributed by atoms with Gasteiger partial charge in [0.2, 0.25) is 0 Å². The first-order valence-electron chi connectivity index (χ1n) is 7.65. The third-order valence-corrected chi connectivity index (χ3v) is 4.95. The molecule has 23 heavy (non-hydrogen) atoms. The molecule has 7 heteroatoms. The van der Waals surface area contributed by atoms with Crippen molar-refractivity contribution in [1.29, 1.82) is 0 Å². The number of hydrogen-bond acceptors (Lipinski definition) is 5. The molecule has 4 rings (SSSR count). The van der Waals surface area contributed by atoms with Gasteiger partial charge in [-0.2, -0.15) is 0 Å². The fourth-order valence-corrected chi connectivity index (χ4v) is 3.61. The van der Waals surface area contributed by atoms with E-state index in [1.807, 2.05) is 26.0 Å². The number of thioether (sulfide) groups is 1. The van der Waals surface area contributed by atoms with Gasteiger partial charge in [-0.1, -0.05) is 11.8 Å². The normalized spacial score (nSPS) is 14.5. The number of pyridine rings is 1. The molecule has 0 unspecified atom stereocenters. The molecule has 0 spiro atoms. The average Bonchev–Trinajstić information content (AvgIpc) is 3.28. The highest BCUT2D eigenvalue weighted by atomic mass is 32.2. The van der Waals surface area contributed by atoms with Crippen LogP contribution < -0.4 is 5.56 Å².